The molecule has 0 unspecified atom stereocenters. The number of aryl methyl sites for hydroxylation is 1. The molecule has 0 atom stereocenters. The number of nitrogens with one attached hydrogen (secondary N) is 1. The quantitative estimate of drug-likeness (QED) is 0.837. The fraction of sp³-hybridized carbons (Fsp3) is 0.0909. The molecular formula is C11H10FN3O2S3. The van der Waals surface area contributed by atoms with E-state index in [9.17, 15) is 12.8 Å². The van der Waals surface area contributed by atoms with E-state index in [0.717, 1.165) is 10.9 Å². The second-order valence-electron chi connectivity index (χ2n) is 3.86. The first-order valence-electron chi connectivity index (χ1n) is 5.35. The van der Waals surface area contributed by atoms with Crippen LogP contribution in [0.25, 0.3) is 0 Å². The number of aromatic nitrogens is 1. The summed E-state index contributed by atoms with van der Waals surface area (Å²) in [6, 6.07) is 3.61. The van der Waals surface area contributed by atoms with Gasteiger partial charge in [-0.2, -0.15) is 0 Å². The Morgan fingerprint density at radius 1 is 1.50 bits per heavy atom. The first-order valence-corrected chi connectivity index (χ1v) is 8.05. The van der Waals surface area contributed by atoms with E-state index in [4.69, 9.17) is 18.0 Å². The number of sulfonamides is 1. The second kappa shape index (κ2) is 5.43. The summed E-state index contributed by atoms with van der Waals surface area (Å²) in [7, 11) is -4.01. The summed E-state index contributed by atoms with van der Waals surface area (Å²) in [5.74, 6) is -0.782. The average molecular weight is 331 g/mol. The Labute approximate surface area is 124 Å². The Hall–Kier alpha value is -1.58. The summed E-state index contributed by atoms with van der Waals surface area (Å²) < 4.78 is 40.5. The molecule has 5 nitrogen and oxygen atoms in total. The van der Waals surface area contributed by atoms with Crippen LogP contribution in [0.15, 0.2) is 29.3 Å². The number of hydrogen-bond acceptors (Lipinski definition) is 5. The van der Waals surface area contributed by atoms with Gasteiger partial charge in [-0.1, -0.05) is 18.3 Å². The van der Waals surface area contributed by atoms with Gasteiger partial charge in [0.1, 0.15) is 15.7 Å². The number of nitrogens with zero attached hydrogens (tertiary/aromatic N) is 1. The molecular weight excluding hydrogens is 321 g/mol. The number of benzene rings is 1. The molecule has 2 rings (SSSR count). The van der Waals surface area contributed by atoms with E-state index in [2.05, 4.69) is 9.71 Å². The fourth-order valence-corrected chi connectivity index (χ4v) is 3.95. The molecule has 0 aliphatic rings. The van der Waals surface area contributed by atoms with Gasteiger partial charge in [0.25, 0.3) is 10.0 Å². The lowest BCUT2D eigenvalue weighted by Gasteiger charge is -2.10. The number of nitrogens with two attached hydrogens (primary N) is 1. The summed E-state index contributed by atoms with van der Waals surface area (Å²) in [5, 5.41) is 0.195. The topological polar surface area (TPSA) is 85.1 Å². The van der Waals surface area contributed by atoms with Crippen LogP contribution in [0.4, 0.5) is 9.52 Å². The molecule has 0 spiro atoms. The smallest absolute Gasteiger partial charge is 0.264 e. The molecule has 1 aromatic heterocycles. The summed E-state index contributed by atoms with van der Waals surface area (Å²) in [6.07, 6.45) is 1.53. The molecule has 3 N–H and O–H groups in total. The highest BCUT2D eigenvalue weighted by atomic mass is 32.2. The number of halogens is 1. The summed E-state index contributed by atoms with van der Waals surface area (Å²) in [4.78, 5) is 4.11. The maximum Gasteiger partial charge on any atom is 0.264 e. The van der Waals surface area contributed by atoms with Crippen molar-refractivity contribution >= 4 is 43.7 Å². The van der Waals surface area contributed by atoms with Crippen LogP contribution in [-0.2, 0) is 10.0 Å². The van der Waals surface area contributed by atoms with Gasteiger partial charge in [-0.25, -0.2) is 17.8 Å². The fourth-order valence-electron chi connectivity index (χ4n) is 1.54. The zero-order valence-corrected chi connectivity index (χ0v) is 12.7. The average Bonchev–Trinajstić information content (AvgIpc) is 2.73. The van der Waals surface area contributed by atoms with Crippen LogP contribution in [0.3, 0.4) is 0 Å². The van der Waals surface area contributed by atoms with Gasteiger partial charge in [-0.3, -0.25) is 4.72 Å². The minimum absolute atomic E-state index is 0.195. The van der Waals surface area contributed by atoms with Crippen molar-refractivity contribution in [1.82, 2.24) is 4.98 Å². The molecule has 0 radical (unpaired) electrons. The van der Waals surface area contributed by atoms with Crippen molar-refractivity contribution in [2.75, 3.05) is 4.72 Å². The zero-order valence-electron chi connectivity index (χ0n) is 10.3. The van der Waals surface area contributed by atoms with Crippen molar-refractivity contribution in [3.8, 4) is 0 Å². The van der Waals surface area contributed by atoms with Gasteiger partial charge in [0.15, 0.2) is 5.13 Å². The van der Waals surface area contributed by atoms with E-state index in [-0.39, 0.29) is 20.6 Å². The Morgan fingerprint density at radius 3 is 2.75 bits per heavy atom. The highest BCUT2D eigenvalue weighted by Crippen LogP contribution is 2.24. The van der Waals surface area contributed by atoms with Crippen LogP contribution < -0.4 is 10.5 Å². The molecule has 1 aromatic carbocycles. The van der Waals surface area contributed by atoms with Crippen LogP contribution in [0.2, 0.25) is 0 Å². The predicted molar refractivity (Wildman–Crippen MR) is 79.9 cm³/mol. The molecule has 0 bridgehead atoms. The second-order valence-corrected chi connectivity index (χ2v) is 7.18. The Morgan fingerprint density at radius 2 is 2.20 bits per heavy atom. The SMILES string of the molecule is Cc1cnc(NS(=O)(=O)c2cccc(F)c2C(N)=S)s1. The van der Waals surface area contributed by atoms with E-state index in [1.165, 1.54) is 29.7 Å². The van der Waals surface area contributed by atoms with E-state index in [1.54, 1.807) is 6.92 Å². The lowest BCUT2D eigenvalue weighted by molar-refractivity contribution is 0.594. The van der Waals surface area contributed by atoms with Crippen LogP contribution >= 0.6 is 23.6 Å². The third-order valence-electron chi connectivity index (χ3n) is 2.35. The van der Waals surface area contributed by atoms with Gasteiger partial charge in [-0.15, -0.1) is 11.3 Å². The van der Waals surface area contributed by atoms with E-state index < -0.39 is 15.8 Å². The van der Waals surface area contributed by atoms with Gasteiger partial charge < -0.3 is 5.73 Å². The highest BCUT2D eigenvalue weighted by Gasteiger charge is 2.23. The Balaban J connectivity index is 2.50. The normalized spacial score (nSPS) is 11.3. The van der Waals surface area contributed by atoms with Gasteiger partial charge in [0, 0.05) is 11.1 Å². The minimum atomic E-state index is -4.01. The van der Waals surface area contributed by atoms with Crippen LogP contribution in [-0.4, -0.2) is 18.4 Å². The van der Waals surface area contributed by atoms with Crippen LogP contribution in [0, 0.1) is 12.7 Å². The standard InChI is InChI=1S/C11H10FN3O2S3/c1-6-5-14-11(19-6)15-20(16,17)8-4-2-3-7(12)9(8)10(13)18/h2-5H,1H3,(H2,13,18)(H,14,15). The van der Waals surface area contributed by atoms with E-state index >= 15 is 0 Å². The third-order valence-corrected chi connectivity index (χ3v) is 4.90. The Bertz CT molecular complexity index is 771. The van der Waals surface area contributed by atoms with Crippen LogP contribution in [0.1, 0.15) is 10.4 Å². The molecule has 0 aliphatic heterocycles. The van der Waals surface area contributed by atoms with Gasteiger partial charge >= 0.3 is 0 Å². The van der Waals surface area contributed by atoms with Gasteiger partial charge in [0.2, 0.25) is 0 Å². The number of anilines is 1. The molecule has 106 valence electrons. The van der Waals surface area contributed by atoms with Crippen molar-refractivity contribution in [2.24, 2.45) is 5.73 Å². The maximum atomic E-state index is 13.7. The molecule has 1 heterocycles. The number of thiocarbonyl (C=S) groups is 1. The number of rotatable bonds is 4. The summed E-state index contributed by atoms with van der Waals surface area (Å²) >= 11 is 5.88. The first kappa shape index (κ1) is 14.8. The minimum Gasteiger partial charge on any atom is -0.389 e. The number of hydrogen-bond donors (Lipinski definition) is 2. The van der Waals surface area contributed by atoms with Crippen molar-refractivity contribution in [3.63, 3.8) is 0 Å². The first-order chi connectivity index (χ1) is 9.31. The maximum absolute atomic E-state index is 13.7. The van der Waals surface area contributed by atoms with Crippen molar-refractivity contribution in [2.45, 2.75) is 11.8 Å². The number of thiazole rings is 1. The van der Waals surface area contributed by atoms with Gasteiger partial charge in [0.05, 0.1) is 5.56 Å². The molecule has 0 fully saturated rings. The lowest BCUT2D eigenvalue weighted by atomic mass is 10.2. The summed E-state index contributed by atoms with van der Waals surface area (Å²) in [6.45, 7) is 1.79. The van der Waals surface area contributed by atoms with Crippen molar-refractivity contribution in [1.29, 1.82) is 0 Å². The van der Waals surface area contributed by atoms with Gasteiger partial charge in [-0.05, 0) is 19.1 Å². The highest BCUT2D eigenvalue weighted by molar-refractivity contribution is 7.93. The largest absolute Gasteiger partial charge is 0.389 e. The molecule has 0 saturated heterocycles. The van der Waals surface area contributed by atoms with E-state index in [0.29, 0.717) is 0 Å². The molecule has 0 aliphatic carbocycles. The monoisotopic (exact) mass is 331 g/mol. The zero-order chi connectivity index (χ0) is 14.9. The molecule has 20 heavy (non-hydrogen) atoms. The van der Waals surface area contributed by atoms with Crippen molar-refractivity contribution in [3.05, 3.63) is 40.7 Å². The third kappa shape index (κ3) is 2.94. The van der Waals surface area contributed by atoms with Crippen molar-refractivity contribution < 1.29 is 12.8 Å². The lowest BCUT2D eigenvalue weighted by Crippen LogP contribution is -2.21. The molecule has 0 saturated carbocycles. The van der Waals surface area contributed by atoms with E-state index in [1.807, 2.05) is 0 Å². The Kier molecular flexibility index (Phi) is 4.02. The molecule has 0 amide bonds. The summed E-state index contributed by atoms with van der Waals surface area (Å²) in [5.41, 5.74) is 5.09. The molecule has 9 heteroatoms. The predicted octanol–water partition coefficient (Wildman–Crippen LogP) is 2.03. The molecule has 2 aromatic rings. The van der Waals surface area contributed by atoms with Crippen LogP contribution in [0.5, 0.6) is 0 Å².